The SMILES string of the molecule is Cc1cc(C(=O)N2CCNCC2C(N)=O)no1. The van der Waals surface area contributed by atoms with E-state index >= 15 is 0 Å². The van der Waals surface area contributed by atoms with Gasteiger partial charge in [-0.2, -0.15) is 0 Å². The fraction of sp³-hybridized carbons (Fsp3) is 0.500. The average Bonchev–Trinajstić information content (AvgIpc) is 2.75. The topological polar surface area (TPSA) is 101 Å². The molecule has 0 spiro atoms. The zero-order chi connectivity index (χ0) is 12.4. The van der Waals surface area contributed by atoms with E-state index in [-0.39, 0.29) is 11.6 Å². The normalized spacial score (nSPS) is 20.3. The molecule has 0 aliphatic carbocycles. The molecule has 1 aromatic heterocycles. The summed E-state index contributed by atoms with van der Waals surface area (Å²) in [6.07, 6.45) is 0. The Morgan fingerprint density at radius 2 is 2.41 bits per heavy atom. The molecule has 17 heavy (non-hydrogen) atoms. The molecule has 92 valence electrons. The second-order valence-corrected chi connectivity index (χ2v) is 3.94. The van der Waals surface area contributed by atoms with Gasteiger partial charge in [-0.3, -0.25) is 9.59 Å². The highest BCUT2D eigenvalue weighted by atomic mass is 16.5. The Balaban J connectivity index is 2.19. The molecule has 0 aromatic carbocycles. The van der Waals surface area contributed by atoms with Crippen LogP contribution in [-0.2, 0) is 4.79 Å². The molecule has 1 saturated heterocycles. The number of nitrogens with one attached hydrogen (secondary N) is 1. The molecule has 1 atom stereocenters. The van der Waals surface area contributed by atoms with Crippen LogP contribution in [0.25, 0.3) is 0 Å². The second-order valence-electron chi connectivity index (χ2n) is 3.94. The van der Waals surface area contributed by atoms with Gasteiger partial charge in [0.2, 0.25) is 5.91 Å². The predicted octanol–water partition coefficient (Wildman–Crippen LogP) is -1.12. The number of primary amides is 1. The number of carbonyl (C=O) groups is 2. The van der Waals surface area contributed by atoms with Gasteiger partial charge >= 0.3 is 0 Å². The summed E-state index contributed by atoms with van der Waals surface area (Å²) in [5.74, 6) is -0.294. The summed E-state index contributed by atoms with van der Waals surface area (Å²) < 4.78 is 4.84. The fourth-order valence-electron chi connectivity index (χ4n) is 1.82. The summed E-state index contributed by atoms with van der Waals surface area (Å²) in [6, 6.07) is 0.913. The van der Waals surface area contributed by atoms with E-state index in [0.717, 1.165) is 0 Å². The van der Waals surface area contributed by atoms with Gasteiger partial charge < -0.3 is 20.5 Å². The number of carbonyl (C=O) groups excluding carboxylic acids is 2. The lowest BCUT2D eigenvalue weighted by atomic mass is 10.1. The molecule has 3 N–H and O–H groups in total. The van der Waals surface area contributed by atoms with Crippen molar-refractivity contribution >= 4 is 11.8 Å². The van der Waals surface area contributed by atoms with Crippen molar-refractivity contribution in [2.75, 3.05) is 19.6 Å². The molecule has 1 aromatic rings. The molecule has 1 unspecified atom stereocenters. The van der Waals surface area contributed by atoms with Gasteiger partial charge in [0, 0.05) is 25.7 Å². The van der Waals surface area contributed by atoms with E-state index in [0.29, 0.717) is 25.4 Å². The molecule has 2 rings (SSSR count). The summed E-state index contributed by atoms with van der Waals surface area (Å²) in [5, 5.41) is 6.67. The van der Waals surface area contributed by atoms with Crippen LogP contribution < -0.4 is 11.1 Å². The van der Waals surface area contributed by atoms with E-state index < -0.39 is 11.9 Å². The Morgan fingerprint density at radius 1 is 1.65 bits per heavy atom. The summed E-state index contributed by atoms with van der Waals surface area (Å²) in [4.78, 5) is 24.8. The molecular formula is C10H14N4O3. The quantitative estimate of drug-likeness (QED) is 0.679. The van der Waals surface area contributed by atoms with E-state index in [9.17, 15) is 9.59 Å². The van der Waals surface area contributed by atoms with Gasteiger partial charge in [0.15, 0.2) is 5.69 Å². The van der Waals surface area contributed by atoms with Crippen LogP contribution in [0.3, 0.4) is 0 Å². The minimum Gasteiger partial charge on any atom is -0.368 e. The number of aryl methyl sites for hydroxylation is 1. The Bertz CT molecular complexity index is 443. The monoisotopic (exact) mass is 238 g/mol. The first-order valence-electron chi connectivity index (χ1n) is 5.34. The molecule has 1 aliphatic rings. The highest BCUT2D eigenvalue weighted by Crippen LogP contribution is 2.10. The molecular weight excluding hydrogens is 224 g/mol. The molecule has 0 bridgehead atoms. The lowest BCUT2D eigenvalue weighted by molar-refractivity contribution is -0.122. The van der Waals surface area contributed by atoms with Gasteiger partial charge in [0.1, 0.15) is 11.8 Å². The van der Waals surface area contributed by atoms with Crippen LogP contribution in [0.4, 0.5) is 0 Å². The lowest BCUT2D eigenvalue weighted by Crippen LogP contribution is -2.58. The summed E-state index contributed by atoms with van der Waals surface area (Å²) in [6.45, 7) is 3.13. The summed E-state index contributed by atoms with van der Waals surface area (Å²) in [7, 11) is 0. The highest BCUT2D eigenvalue weighted by molar-refractivity contribution is 5.96. The number of piperazine rings is 1. The number of amides is 2. The number of hydrogen-bond donors (Lipinski definition) is 2. The molecule has 2 heterocycles. The smallest absolute Gasteiger partial charge is 0.276 e. The van der Waals surface area contributed by atoms with Crippen LogP contribution in [0, 0.1) is 6.92 Å². The van der Waals surface area contributed by atoms with Crippen LogP contribution in [0.15, 0.2) is 10.6 Å². The van der Waals surface area contributed by atoms with E-state index in [2.05, 4.69) is 10.5 Å². The van der Waals surface area contributed by atoms with E-state index in [1.54, 1.807) is 13.0 Å². The predicted molar refractivity (Wildman–Crippen MR) is 58.1 cm³/mol. The van der Waals surface area contributed by atoms with Crippen molar-refractivity contribution in [2.45, 2.75) is 13.0 Å². The molecule has 1 fully saturated rings. The standard InChI is InChI=1S/C10H14N4O3/c1-6-4-7(13-17-6)10(16)14-3-2-12-5-8(14)9(11)15/h4,8,12H,2-3,5H2,1H3,(H2,11,15). The van der Waals surface area contributed by atoms with E-state index in [1.165, 1.54) is 4.90 Å². The van der Waals surface area contributed by atoms with E-state index in [1.807, 2.05) is 0 Å². The Hall–Kier alpha value is -1.89. The van der Waals surface area contributed by atoms with Gasteiger partial charge in [-0.1, -0.05) is 5.16 Å². The van der Waals surface area contributed by atoms with Gasteiger partial charge in [-0.25, -0.2) is 0 Å². The van der Waals surface area contributed by atoms with Crippen molar-refractivity contribution in [3.8, 4) is 0 Å². The van der Waals surface area contributed by atoms with Crippen LogP contribution >= 0.6 is 0 Å². The Kier molecular flexibility index (Phi) is 3.10. The third-order valence-electron chi connectivity index (χ3n) is 2.68. The third kappa shape index (κ3) is 2.28. The first kappa shape index (κ1) is 11.6. The van der Waals surface area contributed by atoms with Gasteiger partial charge in [-0.15, -0.1) is 0 Å². The number of aromatic nitrogens is 1. The number of nitrogens with zero attached hydrogens (tertiary/aromatic N) is 2. The van der Waals surface area contributed by atoms with Gasteiger partial charge in [0.25, 0.3) is 5.91 Å². The Labute approximate surface area is 97.9 Å². The van der Waals surface area contributed by atoms with E-state index in [4.69, 9.17) is 10.3 Å². The maximum atomic E-state index is 12.1. The van der Waals surface area contributed by atoms with Crippen LogP contribution in [0.2, 0.25) is 0 Å². The van der Waals surface area contributed by atoms with Crippen molar-refractivity contribution in [1.29, 1.82) is 0 Å². The van der Waals surface area contributed by atoms with Gasteiger partial charge in [0.05, 0.1) is 0 Å². The number of hydrogen-bond acceptors (Lipinski definition) is 5. The Morgan fingerprint density at radius 3 is 3.00 bits per heavy atom. The van der Waals surface area contributed by atoms with Gasteiger partial charge in [-0.05, 0) is 6.92 Å². The summed E-state index contributed by atoms with van der Waals surface area (Å²) >= 11 is 0. The fourth-order valence-corrected chi connectivity index (χ4v) is 1.82. The first-order chi connectivity index (χ1) is 8.09. The molecule has 7 nitrogen and oxygen atoms in total. The zero-order valence-corrected chi connectivity index (χ0v) is 9.47. The van der Waals surface area contributed by atoms with Crippen molar-refractivity contribution < 1.29 is 14.1 Å². The maximum Gasteiger partial charge on any atom is 0.276 e. The second kappa shape index (κ2) is 4.54. The molecule has 0 radical (unpaired) electrons. The highest BCUT2D eigenvalue weighted by Gasteiger charge is 2.32. The number of nitrogens with two attached hydrogens (primary N) is 1. The molecule has 2 amide bonds. The van der Waals surface area contributed by atoms with Crippen molar-refractivity contribution in [3.63, 3.8) is 0 Å². The zero-order valence-electron chi connectivity index (χ0n) is 9.47. The van der Waals surface area contributed by atoms with Crippen molar-refractivity contribution in [3.05, 3.63) is 17.5 Å². The largest absolute Gasteiger partial charge is 0.368 e. The lowest BCUT2D eigenvalue weighted by Gasteiger charge is -2.33. The van der Waals surface area contributed by atoms with Crippen molar-refractivity contribution in [2.24, 2.45) is 5.73 Å². The van der Waals surface area contributed by atoms with Crippen LogP contribution in [-0.4, -0.2) is 47.5 Å². The first-order valence-corrected chi connectivity index (χ1v) is 5.34. The summed E-state index contributed by atoms with van der Waals surface area (Å²) in [5.41, 5.74) is 5.47. The van der Waals surface area contributed by atoms with Crippen molar-refractivity contribution in [1.82, 2.24) is 15.4 Å². The minimum absolute atomic E-state index is 0.204. The van der Waals surface area contributed by atoms with Crippen LogP contribution in [0.1, 0.15) is 16.2 Å². The minimum atomic E-state index is -0.631. The molecule has 7 heteroatoms. The number of rotatable bonds is 2. The molecule has 0 saturated carbocycles. The molecule has 1 aliphatic heterocycles. The maximum absolute atomic E-state index is 12.1. The van der Waals surface area contributed by atoms with Crippen LogP contribution in [0.5, 0.6) is 0 Å². The average molecular weight is 238 g/mol. The third-order valence-corrected chi connectivity index (χ3v) is 2.68.